The molecule has 2 aromatic rings. The number of aliphatic carboxylic acids is 1. The Morgan fingerprint density at radius 1 is 1.12 bits per heavy atom. The summed E-state index contributed by atoms with van der Waals surface area (Å²) in [6.45, 7) is 6.42. The highest BCUT2D eigenvalue weighted by molar-refractivity contribution is 5.92. The van der Waals surface area contributed by atoms with Gasteiger partial charge in [-0.1, -0.05) is 74.5 Å². The fraction of sp³-hybridized carbons (Fsp3) is 0.333. The second-order valence-electron chi connectivity index (χ2n) is 6.87. The second-order valence-corrected chi connectivity index (χ2v) is 6.87. The molecule has 2 atom stereocenters. The lowest BCUT2D eigenvalue weighted by atomic mass is 9.77. The molecule has 0 aliphatic carbocycles. The minimum absolute atomic E-state index is 0.133. The van der Waals surface area contributed by atoms with Gasteiger partial charge in [0.15, 0.2) is 5.54 Å². The SMILES string of the molecule is CC1=N[C@](C(=O)O)(C(C)C)[C@H](c2ccccc2)N1Cc1ccccc1. The van der Waals surface area contributed by atoms with Crippen LogP contribution in [-0.2, 0) is 11.3 Å². The Kier molecular flexibility index (Phi) is 4.62. The summed E-state index contributed by atoms with van der Waals surface area (Å²) in [5.41, 5.74) is 0.943. The third-order valence-corrected chi connectivity index (χ3v) is 5.02. The molecule has 4 nitrogen and oxygen atoms in total. The van der Waals surface area contributed by atoms with Crippen LogP contribution in [0.15, 0.2) is 65.7 Å². The summed E-state index contributed by atoms with van der Waals surface area (Å²) < 4.78 is 0. The van der Waals surface area contributed by atoms with Crippen LogP contribution in [0.3, 0.4) is 0 Å². The van der Waals surface area contributed by atoms with Crippen molar-refractivity contribution in [2.45, 2.75) is 38.9 Å². The van der Waals surface area contributed by atoms with Crippen molar-refractivity contribution in [1.29, 1.82) is 0 Å². The number of carbonyl (C=O) groups is 1. The maximum absolute atomic E-state index is 12.4. The Balaban J connectivity index is 2.10. The average Bonchev–Trinajstić information content (AvgIpc) is 2.90. The molecular formula is C21H24N2O2. The maximum atomic E-state index is 12.4. The number of nitrogens with zero attached hydrogens (tertiary/aromatic N) is 2. The van der Waals surface area contributed by atoms with Crippen LogP contribution in [0.1, 0.15) is 37.9 Å². The van der Waals surface area contributed by atoms with E-state index < -0.39 is 11.5 Å². The maximum Gasteiger partial charge on any atom is 0.334 e. The van der Waals surface area contributed by atoms with Crippen molar-refractivity contribution >= 4 is 11.8 Å². The molecule has 0 saturated heterocycles. The topological polar surface area (TPSA) is 52.9 Å². The van der Waals surface area contributed by atoms with Crippen molar-refractivity contribution < 1.29 is 9.90 Å². The van der Waals surface area contributed by atoms with E-state index in [9.17, 15) is 9.90 Å². The minimum Gasteiger partial charge on any atom is -0.479 e. The van der Waals surface area contributed by atoms with Crippen molar-refractivity contribution in [3.63, 3.8) is 0 Å². The third-order valence-electron chi connectivity index (χ3n) is 5.02. The molecule has 4 heteroatoms. The zero-order chi connectivity index (χ0) is 18.0. The van der Waals surface area contributed by atoms with Crippen LogP contribution in [0.5, 0.6) is 0 Å². The molecule has 1 heterocycles. The molecule has 1 N–H and O–H groups in total. The Labute approximate surface area is 148 Å². The van der Waals surface area contributed by atoms with E-state index >= 15 is 0 Å². The lowest BCUT2D eigenvalue weighted by molar-refractivity contribution is -0.147. The molecule has 130 valence electrons. The van der Waals surface area contributed by atoms with Gasteiger partial charge in [-0.15, -0.1) is 0 Å². The number of carboxylic acid groups (broad SMARTS) is 1. The molecule has 25 heavy (non-hydrogen) atoms. The summed E-state index contributed by atoms with van der Waals surface area (Å²) >= 11 is 0. The number of amidine groups is 1. The van der Waals surface area contributed by atoms with Gasteiger partial charge in [0.05, 0.1) is 11.9 Å². The molecule has 3 rings (SSSR count). The van der Waals surface area contributed by atoms with E-state index in [-0.39, 0.29) is 12.0 Å². The van der Waals surface area contributed by atoms with Gasteiger partial charge in [0, 0.05) is 6.54 Å². The first-order valence-electron chi connectivity index (χ1n) is 8.62. The van der Waals surface area contributed by atoms with E-state index in [4.69, 9.17) is 4.99 Å². The Morgan fingerprint density at radius 3 is 2.20 bits per heavy atom. The van der Waals surface area contributed by atoms with E-state index in [1.54, 1.807) is 0 Å². The highest BCUT2D eigenvalue weighted by atomic mass is 16.4. The van der Waals surface area contributed by atoms with Gasteiger partial charge >= 0.3 is 5.97 Å². The van der Waals surface area contributed by atoms with Crippen molar-refractivity contribution in [1.82, 2.24) is 4.90 Å². The standard InChI is InChI=1S/C21H24N2O2/c1-15(2)21(20(24)25)19(18-12-8-5-9-13-18)23(16(3)22-21)14-17-10-6-4-7-11-17/h4-13,15,19H,14H2,1-3H3,(H,24,25)/t19-,21+/m0/s1. The van der Waals surface area contributed by atoms with E-state index in [0.29, 0.717) is 6.54 Å². The van der Waals surface area contributed by atoms with Crippen molar-refractivity contribution in [2.24, 2.45) is 10.9 Å². The summed E-state index contributed by atoms with van der Waals surface area (Å²) in [6.07, 6.45) is 0. The summed E-state index contributed by atoms with van der Waals surface area (Å²) in [5.74, 6) is -0.231. The smallest absolute Gasteiger partial charge is 0.334 e. The monoisotopic (exact) mass is 336 g/mol. The van der Waals surface area contributed by atoms with Gasteiger partial charge in [0.25, 0.3) is 0 Å². The molecule has 1 aliphatic heterocycles. The molecule has 0 saturated carbocycles. The first kappa shape index (κ1) is 17.2. The van der Waals surface area contributed by atoms with Crippen LogP contribution < -0.4 is 0 Å². The first-order chi connectivity index (χ1) is 12.0. The fourth-order valence-corrected chi connectivity index (χ4v) is 3.73. The molecule has 0 amide bonds. The molecule has 0 aromatic heterocycles. The molecule has 1 aliphatic rings. The minimum atomic E-state index is -1.18. The van der Waals surface area contributed by atoms with Gasteiger partial charge in [0.2, 0.25) is 0 Å². The van der Waals surface area contributed by atoms with Gasteiger partial charge < -0.3 is 10.0 Å². The molecule has 0 unspecified atom stereocenters. The van der Waals surface area contributed by atoms with Gasteiger partial charge in [-0.05, 0) is 24.0 Å². The van der Waals surface area contributed by atoms with Crippen molar-refractivity contribution in [3.05, 3.63) is 71.8 Å². The molecule has 0 bridgehead atoms. The van der Waals surface area contributed by atoms with Gasteiger partial charge in [0.1, 0.15) is 0 Å². The zero-order valence-electron chi connectivity index (χ0n) is 14.9. The van der Waals surface area contributed by atoms with E-state index in [1.165, 1.54) is 0 Å². The summed E-state index contributed by atoms with van der Waals surface area (Å²) in [5, 5.41) is 10.1. The van der Waals surface area contributed by atoms with Crippen LogP contribution in [0, 0.1) is 5.92 Å². The number of aliphatic imine (C=N–C) groups is 1. The predicted molar refractivity (Wildman–Crippen MR) is 99.5 cm³/mol. The quantitative estimate of drug-likeness (QED) is 0.893. The Hall–Kier alpha value is -2.62. The van der Waals surface area contributed by atoms with Gasteiger partial charge in [-0.3, -0.25) is 4.99 Å². The fourth-order valence-electron chi connectivity index (χ4n) is 3.73. The van der Waals surface area contributed by atoms with Crippen molar-refractivity contribution in [2.75, 3.05) is 0 Å². The number of hydrogen-bond acceptors (Lipinski definition) is 3. The highest BCUT2D eigenvalue weighted by Gasteiger charge is 2.56. The lowest BCUT2D eigenvalue weighted by Crippen LogP contribution is -2.49. The van der Waals surface area contributed by atoms with Gasteiger partial charge in [-0.2, -0.15) is 0 Å². The number of rotatable bonds is 5. The second kappa shape index (κ2) is 6.71. The highest BCUT2D eigenvalue weighted by Crippen LogP contribution is 2.45. The van der Waals surface area contributed by atoms with Crippen LogP contribution in [-0.4, -0.2) is 27.4 Å². The molecule has 0 spiro atoms. The summed E-state index contributed by atoms with van der Waals surface area (Å²) in [7, 11) is 0. The van der Waals surface area contributed by atoms with Crippen molar-refractivity contribution in [3.8, 4) is 0 Å². The number of benzene rings is 2. The largest absolute Gasteiger partial charge is 0.479 e. The number of hydrogen-bond donors (Lipinski definition) is 1. The predicted octanol–water partition coefficient (Wildman–Crippen LogP) is 4.14. The van der Waals surface area contributed by atoms with E-state index in [2.05, 4.69) is 17.0 Å². The third kappa shape index (κ3) is 2.93. The zero-order valence-corrected chi connectivity index (χ0v) is 14.9. The molecular weight excluding hydrogens is 312 g/mol. The van der Waals surface area contributed by atoms with Crippen LogP contribution in [0.25, 0.3) is 0 Å². The van der Waals surface area contributed by atoms with Crippen LogP contribution >= 0.6 is 0 Å². The Bertz CT molecular complexity index is 771. The molecule has 0 radical (unpaired) electrons. The molecule has 0 fully saturated rings. The van der Waals surface area contributed by atoms with Crippen LogP contribution in [0.2, 0.25) is 0 Å². The summed E-state index contributed by atoms with van der Waals surface area (Å²) in [4.78, 5) is 19.2. The normalized spacial score (nSPS) is 23.0. The molecule has 2 aromatic carbocycles. The van der Waals surface area contributed by atoms with E-state index in [0.717, 1.165) is 17.0 Å². The number of carboxylic acids is 1. The Morgan fingerprint density at radius 2 is 1.68 bits per heavy atom. The van der Waals surface area contributed by atoms with Crippen LogP contribution in [0.4, 0.5) is 0 Å². The lowest BCUT2D eigenvalue weighted by Gasteiger charge is -2.37. The first-order valence-corrected chi connectivity index (χ1v) is 8.62. The van der Waals surface area contributed by atoms with Gasteiger partial charge in [-0.25, -0.2) is 4.79 Å². The van der Waals surface area contributed by atoms with E-state index in [1.807, 2.05) is 69.3 Å². The average molecular weight is 336 g/mol. The summed E-state index contributed by atoms with van der Waals surface area (Å²) in [6, 6.07) is 19.6.